The number of ether oxygens (including phenoxy) is 10. The zero-order chi connectivity index (χ0) is 51.1. The molecule has 2 unspecified atom stereocenters. The number of esters is 3. The second-order valence-electron chi connectivity index (χ2n) is 20.1. The second-order valence-corrected chi connectivity index (χ2v) is 20.1. The Balaban J connectivity index is 2.04. The van der Waals surface area contributed by atoms with Crippen molar-refractivity contribution >= 4 is 29.6 Å². The van der Waals surface area contributed by atoms with E-state index in [4.69, 9.17) is 58.6 Å². The first-order valence-electron chi connectivity index (χ1n) is 24.0. The van der Waals surface area contributed by atoms with Crippen LogP contribution in [0, 0.1) is 36.0 Å². The van der Waals surface area contributed by atoms with Gasteiger partial charge < -0.3 is 57.3 Å². The maximum Gasteiger partial charge on any atom is 0.331 e. The Bertz CT molecular complexity index is 1840. The lowest BCUT2D eigenvalue weighted by Crippen LogP contribution is -2.62. The molecule has 18 atom stereocenters. The third kappa shape index (κ3) is 13.7. The van der Waals surface area contributed by atoms with Crippen LogP contribution >= 0.6 is 0 Å². The lowest BCUT2D eigenvalue weighted by atomic mass is 9.73. The molecule has 0 aliphatic carbocycles. The number of carbonyl (C=O) groups excluding carboxylic acids is 4. The number of fused-ring (bicyclic) bond motifs is 5. The normalized spacial score (nSPS) is 41.6. The highest BCUT2D eigenvalue weighted by Gasteiger charge is 2.56. The maximum atomic E-state index is 14.9. The fourth-order valence-corrected chi connectivity index (χ4v) is 10.7. The molecule has 4 rings (SSSR count). The predicted octanol–water partition coefficient (Wildman–Crippen LogP) is 5.29. The van der Waals surface area contributed by atoms with Crippen molar-refractivity contribution in [2.45, 2.75) is 206 Å². The molecular weight excluding hydrogens is 885 g/mol. The molecule has 18 heteroatoms. The Kier molecular flexibility index (Phi) is 20.2. The van der Waals surface area contributed by atoms with Crippen LogP contribution in [0.3, 0.4) is 0 Å². The van der Waals surface area contributed by atoms with Gasteiger partial charge in [-0.15, -0.1) is 12.3 Å². The van der Waals surface area contributed by atoms with Gasteiger partial charge in [-0.05, 0) is 73.4 Å². The van der Waals surface area contributed by atoms with Crippen LogP contribution in [0.1, 0.15) is 122 Å². The molecule has 4 aliphatic rings. The highest BCUT2D eigenvalue weighted by molar-refractivity contribution is 5.89. The van der Waals surface area contributed by atoms with Crippen molar-refractivity contribution in [3.8, 4) is 12.3 Å². The number of carbonyl (C=O) groups is 4. The summed E-state index contributed by atoms with van der Waals surface area (Å²) in [5.41, 5.74) is -3.42. The van der Waals surface area contributed by atoms with E-state index in [1.807, 2.05) is 46.6 Å². The first-order chi connectivity index (χ1) is 31.7. The van der Waals surface area contributed by atoms with E-state index in [0.29, 0.717) is 30.7 Å². The number of aliphatic hydroxyl groups is 1. The first-order valence-corrected chi connectivity index (χ1v) is 24.0. The standard InChI is InChI=1S/C50H80N2O16/c1-18-20-21-52(16)37-22-29(5)61-47(42(37)63-34(10)53)67-43-31(7)41(66-39-24-48(13,58-17)45(33(9)62-39)64-35(11)54)32(8)46(56)65-38(19-2)50(15,57)44-30(6)40(51-68-36(12)55)28(4)23-49(43,14)60-26-27(3)25-59-44/h1,28-33,37-39,41-45,47,57H,3,19-26H2,2,4-17H3/t28-,29-,30+,31+,32-,33+,37+,38-,39+,41?,42-,43-,44-,45+,47?,48-,49-,50-/m1/s1. The summed E-state index contributed by atoms with van der Waals surface area (Å²) in [6.45, 7) is 26.5. The van der Waals surface area contributed by atoms with E-state index in [1.165, 1.54) is 27.9 Å². The van der Waals surface area contributed by atoms with Gasteiger partial charge in [0.25, 0.3) is 0 Å². The fraction of sp³-hybridized carbons (Fsp3) is 0.820. The lowest BCUT2D eigenvalue weighted by molar-refractivity contribution is -0.321. The summed E-state index contributed by atoms with van der Waals surface area (Å²) in [5.74, 6) is -2.94. The van der Waals surface area contributed by atoms with Crippen LogP contribution in [0.15, 0.2) is 17.3 Å². The van der Waals surface area contributed by atoms with Gasteiger partial charge >= 0.3 is 23.9 Å². The third-order valence-corrected chi connectivity index (χ3v) is 14.2. The monoisotopic (exact) mass is 965 g/mol. The molecule has 0 radical (unpaired) electrons. The molecule has 0 aromatic carbocycles. The Hall–Kier alpha value is -3.51. The quantitative estimate of drug-likeness (QED) is 0.0659. The molecule has 1 N–H and O–H groups in total. The number of rotatable bonds is 12. The van der Waals surface area contributed by atoms with E-state index in [0.717, 1.165) is 0 Å². The number of nitrogens with zero attached hydrogens (tertiary/aromatic N) is 2. The van der Waals surface area contributed by atoms with Crippen molar-refractivity contribution in [3.05, 3.63) is 12.2 Å². The van der Waals surface area contributed by atoms with Gasteiger partial charge in [-0.2, -0.15) is 0 Å². The van der Waals surface area contributed by atoms with E-state index in [9.17, 15) is 24.3 Å². The molecule has 4 fully saturated rings. The summed E-state index contributed by atoms with van der Waals surface area (Å²) < 4.78 is 65.2. The van der Waals surface area contributed by atoms with E-state index >= 15 is 0 Å². The Morgan fingerprint density at radius 2 is 1.59 bits per heavy atom. The molecule has 0 aromatic heterocycles. The van der Waals surface area contributed by atoms with Gasteiger partial charge in [-0.1, -0.05) is 39.4 Å². The smallest absolute Gasteiger partial charge is 0.331 e. The van der Waals surface area contributed by atoms with Crippen molar-refractivity contribution < 1.29 is 76.5 Å². The van der Waals surface area contributed by atoms with Gasteiger partial charge in [0.1, 0.15) is 17.3 Å². The van der Waals surface area contributed by atoms with Gasteiger partial charge in [0.05, 0.1) is 67.0 Å². The summed E-state index contributed by atoms with van der Waals surface area (Å²) in [6, 6.07) is -0.388. The van der Waals surface area contributed by atoms with Crippen LogP contribution in [0.5, 0.6) is 0 Å². The lowest BCUT2D eigenvalue weighted by Gasteiger charge is -2.50. The molecule has 18 nitrogen and oxygen atoms in total. The molecule has 386 valence electrons. The molecule has 0 spiro atoms. The molecule has 4 heterocycles. The van der Waals surface area contributed by atoms with Gasteiger partial charge in [-0.3, -0.25) is 19.3 Å². The molecular formula is C50H80N2O16. The summed E-state index contributed by atoms with van der Waals surface area (Å²) in [5, 5.41) is 17.0. The van der Waals surface area contributed by atoms with Crippen LogP contribution < -0.4 is 0 Å². The molecule has 0 amide bonds. The summed E-state index contributed by atoms with van der Waals surface area (Å²) in [7, 11) is 3.42. The van der Waals surface area contributed by atoms with Crippen molar-refractivity contribution in [1.82, 2.24) is 4.90 Å². The van der Waals surface area contributed by atoms with Crippen LogP contribution in [-0.4, -0.2) is 158 Å². The highest BCUT2D eigenvalue weighted by atomic mass is 16.7. The number of hydrogen-bond acceptors (Lipinski definition) is 18. The minimum Gasteiger partial charge on any atom is -0.459 e. The molecule has 4 saturated heterocycles. The number of methoxy groups -OCH3 is 1. The fourth-order valence-electron chi connectivity index (χ4n) is 10.7. The Morgan fingerprint density at radius 1 is 0.926 bits per heavy atom. The summed E-state index contributed by atoms with van der Waals surface area (Å²) in [4.78, 5) is 59.9. The molecule has 68 heavy (non-hydrogen) atoms. The number of oxime groups is 1. The van der Waals surface area contributed by atoms with E-state index in [1.54, 1.807) is 34.6 Å². The SMILES string of the molecule is C#CCCN(C)[C@H]1C[C@@H](C)OC(O[C@@H]2[C@@H](C)C(O[C@H]3C[C@@](C)(OC)[C@@H](OC(C)=O)[C@H](C)O3)[C@@H](C)C(=O)O[C@H](CC)[C@@](C)(O)[C@@H]3OCC(=C)CO[C@]2(C)C[C@@H](C)C(=NOC(C)=O)[C@@H]3C)[C@@H]1OC(C)=O. The van der Waals surface area contributed by atoms with E-state index in [2.05, 4.69) is 17.7 Å². The number of hydrogen-bond donors (Lipinski definition) is 1. The number of terminal acetylenes is 1. The van der Waals surface area contributed by atoms with Crippen LogP contribution in [-0.2, 0) is 71.4 Å². The Morgan fingerprint density at radius 3 is 2.18 bits per heavy atom. The minimum atomic E-state index is -1.84. The third-order valence-electron chi connectivity index (χ3n) is 14.2. The van der Waals surface area contributed by atoms with Gasteiger partial charge in [0.15, 0.2) is 24.8 Å². The minimum absolute atomic E-state index is 0.0388. The second kappa shape index (κ2) is 24.1. The van der Waals surface area contributed by atoms with E-state index in [-0.39, 0.29) is 44.6 Å². The largest absolute Gasteiger partial charge is 0.459 e. The molecule has 0 saturated carbocycles. The van der Waals surface area contributed by atoms with Crippen LogP contribution in [0.4, 0.5) is 0 Å². The van der Waals surface area contributed by atoms with Crippen molar-refractivity contribution in [1.29, 1.82) is 0 Å². The molecule has 2 bridgehead atoms. The maximum absolute atomic E-state index is 14.9. The zero-order valence-electron chi connectivity index (χ0n) is 43.1. The number of likely N-dealkylation sites (N-methyl/N-ethyl adjacent to an activating group) is 1. The van der Waals surface area contributed by atoms with E-state index < -0.39 is 120 Å². The Labute approximate surface area is 403 Å². The van der Waals surface area contributed by atoms with Gasteiger partial charge in [0.2, 0.25) is 0 Å². The first kappa shape index (κ1) is 57.1. The van der Waals surface area contributed by atoms with Gasteiger partial charge in [0, 0.05) is 65.0 Å². The average Bonchev–Trinajstić information content (AvgIpc) is 3.26. The average molecular weight is 965 g/mol. The van der Waals surface area contributed by atoms with Crippen LogP contribution in [0.2, 0.25) is 0 Å². The van der Waals surface area contributed by atoms with Crippen LogP contribution in [0.25, 0.3) is 0 Å². The summed E-state index contributed by atoms with van der Waals surface area (Å²) >= 11 is 0. The predicted molar refractivity (Wildman–Crippen MR) is 249 cm³/mol. The van der Waals surface area contributed by atoms with Crippen molar-refractivity contribution in [2.75, 3.05) is 33.9 Å². The zero-order valence-corrected chi connectivity index (χ0v) is 43.1. The van der Waals surface area contributed by atoms with Gasteiger partial charge in [-0.25, -0.2) is 4.79 Å². The molecule has 4 aliphatic heterocycles. The topological polar surface area (TPSA) is 206 Å². The molecule has 0 aromatic rings. The summed E-state index contributed by atoms with van der Waals surface area (Å²) in [6.07, 6.45) is -2.45. The van der Waals surface area contributed by atoms with Crippen molar-refractivity contribution in [3.63, 3.8) is 0 Å². The number of cyclic esters (lactones) is 1. The highest BCUT2D eigenvalue weighted by Crippen LogP contribution is 2.44. The van der Waals surface area contributed by atoms with Crippen molar-refractivity contribution in [2.24, 2.45) is 28.8 Å².